The SMILES string of the molecule is CCn1c(SCC(=O)c2cccn2C)nc2ccc(Br)cc2c1=O. The van der Waals surface area contributed by atoms with Crippen molar-refractivity contribution in [2.45, 2.75) is 18.6 Å². The molecule has 0 radical (unpaired) electrons. The molecular formula is C17H16BrN3O2S. The van der Waals surface area contributed by atoms with Crippen LogP contribution in [0.1, 0.15) is 17.4 Å². The summed E-state index contributed by atoms with van der Waals surface area (Å²) in [5.74, 6) is 0.257. The third-order valence-electron chi connectivity index (χ3n) is 3.76. The lowest BCUT2D eigenvalue weighted by atomic mass is 10.2. The number of hydrogen-bond donors (Lipinski definition) is 0. The summed E-state index contributed by atoms with van der Waals surface area (Å²) >= 11 is 4.68. The number of carbonyl (C=O) groups excluding carboxylic acids is 1. The fourth-order valence-corrected chi connectivity index (χ4v) is 3.82. The Balaban J connectivity index is 1.94. The topological polar surface area (TPSA) is 56.9 Å². The lowest BCUT2D eigenvalue weighted by Crippen LogP contribution is -2.23. The molecule has 24 heavy (non-hydrogen) atoms. The highest BCUT2D eigenvalue weighted by Crippen LogP contribution is 2.21. The molecule has 0 spiro atoms. The number of ketones is 1. The zero-order valence-corrected chi connectivity index (χ0v) is 15.7. The number of Topliss-reactive ketones (excluding diaryl/α,β-unsaturated/α-hetero) is 1. The van der Waals surface area contributed by atoms with Gasteiger partial charge in [0, 0.05) is 24.3 Å². The summed E-state index contributed by atoms with van der Waals surface area (Å²) in [5.41, 5.74) is 1.21. The van der Waals surface area contributed by atoms with Gasteiger partial charge in [-0.25, -0.2) is 4.98 Å². The van der Waals surface area contributed by atoms with Crippen LogP contribution in [0.3, 0.4) is 0 Å². The molecule has 0 aliphatic heterocycles. The first-order valence-corrected chi connectivity index (χ1v) is 9.26. The highest BCUT2D eigenvalue weighted by Gasteiger charge is 2.14. The maximum absolute atomic E-state index is 12.7. The molecule has 0 aliphatic carbocycles. The van der Waals surface area contributed by atoms with Gasteiger partial charge >= 0.3 is 0 Å². The van der Waals surface area contributed by atoms with Crippen molar-refractivity contribution >= 4 is 44.4 Å². The van der Waals surface area contributed by atoms with Crippen LogP contribution in [-0.4, -0.2) is 25.7 Å². The average molecular weight is 406 g/mol. The van der Waals surface area contributed by atoms with Crippen molar-refractivity contribution in [3.63, 3.8) is 0 Å². The predicted molar refractivity (Wildman–Crippen MR) is 99.8 cm³/mol. The number of rotatable bonds is 5. The number of aromatic nitrogens is 3. The standard InChI is InChI=1S/C17H16BrN3O2S/c1-3-21-16(23)12-9-11(18)6-7-13(12)19-17(21)24-10-15(22)14-5-4-8-20(14)2/h4-9H,3,10H2,1-2H3. The lowest BCUT2D eigenvalue weighted by Gasteiger charge is -2.11. The van der Waals surface area contributed by atoms with Crippen LogP contribution in [0, 0.1) is 0 Å². The Morgan fingerprint density at radius 3 is 2.79 bits per heavy atom. The smallest absolute Gasteiger partial charge is 0.262 e. The minimum atomic E-state index is -0.0855. The van der Waals surface area contributed by atoms with Crippen LogP contribution >= 0.6 is 27.7 Å². The molecule has 0 N–H and O–H groups in total. The second-order valence-electron chi connectivity index (χ2n) is 5.32. The maximum Gasteiger partial charge on any atom is 0.262 e. The first-order valence-electron chi connectivity index (χ1n) is 7.48. The van der Waals surface area contributed by atoms with E-state index in [0.717, 1.165) is 4.47 Å². The van der Waals surface area contributed by atoms with E-state index in [1.54, 1.807) is 21.3 Å². The molecule has 5 nitrogen and oxygen atoms in total. The van der Waals surface area contributed by atoms with Gasteiger partial charge in [-0.2, -0.15) is 0 Å². The summed E-state index contributed by atoms with van der Waals surface area (Å²) in [6, 6.07) is 9.08. The number of carbonyl (C=O) groups is 1. The van der Waals surface area contributed by atoms with Crippen LogP contribution in [0.2, 0.25) is 0 Å². The quantitative estimate of drug-likeness (QED) is 0.370. The Kier molecular flexibility index (Phi) is 4.91. The molecule has 0 fully saturated rings. The van der Waals surface area contributed by atoms with Gasteiger partial charge < -0.3 is 4.57 Å². The number of aryl methyl sites for hydroxylation is 1. The number of benzene rings is 1. The summed E-state index contributed by atoms with van der Waals surface area (Å²) in [6.45, 7) is 2.41. The van der Waals surface area contributed by atoms with Crippen molar-refractivity contribution < 1.29 is 4.79 Å². The van der Waals surface area contributed by atoms with Crippen molar-refractivity contribution in [3.05, 3.63) is 57.0 Å². The molecule has 0 atom stereocenters. The number of fused-ring (bicyclic) bond motifs is 1. The molecule has 124 valence electrons. The molecule has 0 unspecified atom stereocenters. The van der Waals surface area contributed by atoms with Crippen molar-refractivity contribution in [2.24, 2.45) is 7.05 Å². The van der Waals surface area contributed by atoms with Gasteiger partial charge in [0.15, 0.2) is 10.9 Å². The van der Waals surface area contributed by atoms with Crippen LogP contribution in [0.4, 0.5) is 0 Å². The molecule has 0 saturated heterocycles. The Morgan fingerprint density at radius 2 is 2.12 bits per heavy atom. The molecular weight excluding hydrogens is 390 g/mol. The Bertz CT molecular complexity index is 978. The molecule has 0 amide bonds. The summed E-state index contributed by atoms with van der Waals surface area (Å²) in [7, 11) is 1.84. The fraction of sp³-hybridized carbons (Fsp3) is 0.235. The van der Waals surface area contributed by atoms with Gasteiger partial charge in [-0.1, -0.05) is 27.7 Å². The second-order valence-corrected chi connectivity index (χ2v) is 7.18. The molecule has 2 heterocycles. The molecule has 1 aromatic carbocycles. The molecule has 3 rings (SSSR count). The fourth-order valence-electron chi connectivity index (χ4n) is 2.52. The Hall–Kier alpha value is -1.86. The minimum Gasteiger partial charge on any atom is -0.348 e. The molecule has 0 bridgehead atoms. The van der Waals surface area contributed by atoms with E-state index in [1.165, 1.54) is 11.8 Å². The van der Waals surface area contributed by atoms with Crippen LogP contribution in [-0.2, 0) is 13.6 Å². The summed E-state index contributed by atoms with van der Waals surface area (Å²) < 4.78 is 4.25. The predicted octanol–water partition coefficient (Wildman–Crippen LogP) is 3.49. The van der Waals surface area contributed by atoms with E-state index in [4.69, 9.17) is 0 Å². The van der Waals surface area contributed by atoms with E-state index in [2.05, 4.69) is 20.9 Å². The van der Waals surface area contributed by atoms with Gasteiger partial charge in [0.1, 0.15) is 0 Å². The highest BCUT2D eigenvalue weighted by atomic mass is 79.9. The third kappa shape index (κ3) is 3.18. The van der Waals surface area contributed by atoms with Crippen molar-refractivity contribution in [2.75, 3.05) is 5.75 Å². The molecule has 3 aromatic rings. The van der Waals surface area contributed by atoms with Gasteiger partial charge in [-0.15, -0.1) is 0 Å². The summed E-state index contributed by atoms with van der Waals surface area (Å²) in [6.07, 6.45) is 1.84. The van der Waals surface area contributed by atoms with Gasteiger partial charge in [-0.3, -0.25) is 14.2 Å². The number of thioether (sulfide) groups is 1. The molecule has 7 heteroatoms. The summed E-state index contributed by atoms with van der Waals surface area (Å²) in [5, 5.41) is 1.14. The second kappa shape index (κ2) is 6.94. The van der Waals surface area contributed by atoms with Gasteiger partial charge in [0.05, 0.1) is 22.3 Å². The average Bonchev–Trinajstić information content (AvgIpc) is 2.99. The van der Waals surface area contributed by atoms with Gasteiger partial charge in [-0.05, 0) is 37.3 Å². The maximum atomic E-state index is 12.7. The van der Waals surface area contributed by atoms with Crippen LogP contribution in [0.5, 0.6) is 0 Å². The first kappa shape index (κ1) is 17.0. The van der Waals surface area contributed by atoms with Crippen molar-refractivity contribution in [1.29, 1.82) is 0 Å². The first-order chi connectivity index (χ1) is 11.5. The van der Waals surface area contributed by atoms with Crippen molar-refractivity contribution in [1.82, 2.24) is 14.1 Å². The van der Waals surface area contributed by atoms with Crippen LogP contribution in [0.25, 0.3) is 10.9 Å². The Morgan fingerprint density at radius 1 is 1.33 bits per heavy atom. The Labute approximate surface area is 151 Å². The van der Waals surface area contributed by atoms with E-state index in [9.17, 15) is 9.59 Å². The van der Waals surface area contributed by atoms with Gasteiger partial charge in [0.2, 0.25) is 0 Å². The lowest BCUT2D eigenvalue weighted by molar-refractivity contribution is 0.101. The highest BCUT2D eigenvalue weighted by molar-refractivity contribution is 9.10. The number of halogens is 1. The minimum absolute atomic E-state index is 0.0142. The van der Waals surface area contributed by atoms with Crippen molar-refractivity contribution in [3.8, 4) is 0 Å². The zero-order valence-electron chi connectivity index (χ0n) is 13.3. The summed E-state index contributed by atoms with van der Waals surface area (Å²) in [4.78, 5) is 29.6. The monoisotopic (exact) mass is 405 g/mol. The van der Waals surface area contributed by atoms with E-state index >= 15 is 0 Å². The van der Waals surface area contributed by atoms with Crippen LogP contribution in [0.15, 0.2) is 51.0 Å². The van der Waals surface area contributed by atoms with E-state index in [0.29, 0.717) is 28.3 Å². The molecule has 2 aromatic heterocycles. The van der Waals surface area contributed by atoms with E-state index in [1.807, 2.05) is 38.4 Å². The van der Waals surface area contributed by atoms with E-state index < -0.39 is 0 Å². The largest absolute Gasteiger partial charge is 0.348 e. The van der Waals surface area contributed by atoms with E-state index in [-0.39, 0.29) is 17.1 Å². The number of hydrogen-bond acceptors (Lipinski definition) is 4. The third-order valence-corrected chi connectivity index (χ3v) is 5.23. The zero-order chi connectivity index (χ0) is 17.3. The molecule has 0 saturated carbocycles. The normalized spacial score (nSPS) is 11.1. The van der Waals surface area contributed by atoms with Crippen LogP contribution < -0.4 is 5.56 Å². The van der Waals surface area contributed by atoms with Gasteiger partial charge in [0.25, 0.3) is 5.56 Å². The molecule has 0 aliphatic rings. The number of nitrogens with zero attached hydrogens (tertiary/aromatic N) is 3.